The zero-order chi connectivity index (χ0) is 19.6. The number of amides is 3. The summed E-state index contributed by atoms with van der Waals surface area (Å²) in [6, 6.07) is 2.42. The molecule has 1 aromatic carbocycles. The van der Waals surface area contributed by atoms with E-state index in [-0.39, 0.29) is 18.2 Å². The summed E-state index contributed by atoms with van der Waals surface area (Å²) in [4.78, 5) is 28.0. The summed E-state index contributed by atoms with van der Waals surface area (Å²) in [6.45, 7) is 10.3. The molecule has 0 aliphatic carbocycles. The lowest BCUT2D eigenvalue weighted by Crippen LogP contribution is -2.57. The van der Waals surface area contributed by atoms with Crippen LogP contribution in [0, 0.1) is 12.7 Å². The molecule has 8 heteroatoms. The number of aryl methyl sites for hydroxylation is 1. The second-order valence-electron chi connectivity index (χ2n) is 7.48. The number of rotatable bonds is 1. The first-order valence-corrected chi connectivity index (χ1v) is 9.28. The Morgan fingerprint density at radius 1 is 1.31 bits per heavy atom. The molecular formula is C18H25BrFN3O3. The fourth-order valence-electron chi connectivity index (χ4n) is 2.71. The summed E-state index contributed by atoms with van der Waals surface area (Å²) in [5.41, 5.74) is 0.624. The third-order valence-corrected chi connectivity index (χ3v) is 4.66. The lowest BCUT2D eigenvalue weighted by atomic mass is 10.2. The van der Waals surface area contributed by atoms with Crippen molar-refractivity contribution in [1.29, 1.82) is 0 Å². The minimum atomic E-state index is -0.561. The van der Waals surface area contributed by atoms with E-state index in [9.17, 15) is 14.0 Å². The van der Waals surface area contributed by atoms with E-state index in [1.807, 2.05) is 27.7 Å². The van der Waals surface area contributed by atoms with Gasteiger partial charge in [-0.1, -0.05) is 0 Å². The van der Waals surface area contributed by atoms with Crippen molar-refractivity contribution >= 4 is 33.7 Å². The Hall–Kier alpha value is -1.83. The molecule has 2 rings (SSSR count). The number of ether oxygens (including phenoxy) is 1. The molecule has 1 N–H and O–H groups in total. The smallest absolute Gasteiger partial charge is 0.410 e. The van der Waals surface area contributed by atoms with Crippen molar-refractivity contribution in [2.45, 2.75) is 46.3 Å². The van der Waals surface area contributed by atoms with Crippen molar-refractivity contribution in [1.82, 2.24) is 9.80 Å². The van der Waals surface area contributed by atoms with Crippen LogP contribution in [0.4, 0.5) is 19.7 Å². The van der Waals surface area contributed by atoms with Gasteiger partial charge < -0.3 is 19.9 Å². The molecule has 1 saturated heterocycles. The number of piperazine rings is 1. The van der Waals surface area contributed by atoms with Crippen LogP contribution in [0.5, 0.6) is 0 Å². The van der Waals surface area contributed by atoms with E-state index in [1.54, 1.807) is 22.8 Å². The highest BCUT2D eigenvalue weighted by atomic mass is 79.9. The number of nitrogens with one attached hydrogen (secondary N) is 1. The molecule has 0 unspecified atom stereocenters. The zero-order valence-electron chi connectivity index (χ0n) is 15.7. The minimum Gasteiger partial charge on any atom is -0.444 e. The van der Waals surface area contributed by atoms with E-state index in [2.05, 4.69) is 21.2 Å². The standard InChI is InChI=1S/C18H25BrFN3O3/c1-11-8-13(19)14(20)9-15(11)21-16(24)22-6-7-23(12(2)10-22)17(25)26-18(3,4)5/h8-9,12H,6-7,10H2,1-5H3,(H,21,24)/t12-/m0/s1. The van der Waals surface area contributed by atoms with E-state index in [0.717, 1.165) is 5.56 Å². The van der Waals surface area contributed by atoms with Crippen molar-refractivity contribution in [3.8, 4) is 0 Å². The zero-order valence-corrected chi connectivity index (χ0v) is 17.3. The molecule has 1 atom stereocenters. The van der Waals surface area contributed by atoms with Gasteiger partial charge in [-0.25, -0.2) is 14.0 Å². The maximum Gasteiger partial charge on any atom is 0.410 e. The highest BCUT2D eigenvalue weighted by Gasteiger charge is 2.32. The van der Waals surface area contributed by atoms with Crippen molar-refractivity contribution in [2.24, 2.45) is 0 Å². The lowest BCUT2D eigenvalue weighted by Gasteiger charge is -2.40. The molecular weight excluding hydrogens is 405 g/mol. The fourth-order valence-corrected chi connectivity index (χ4v) is 3.17. The molecule has 0 aromatic heterocycles. The summed E-state index contributed by atoms with van der Waals surface area (Å²) in [6.07, 6.45) is -0.379. The Morgan fingerprint density at radius 2 is 1.96 bits per heavy atom. The second kappa shape index (κ2) is 7.82. The average molecular weight is 430 g/mol. The molecule has 3 amide bonds. The lowest BCUT2D eigenvalue weighted by molar-refractivity contribution is 0.00589. The molecule has 0 bridgehead atoms. The van der Waals surface area contributed by atoms with Gasteiger partial charge >= 0.3 is 12.1 Å². The number of benzene rings is 1. The van der Waals surface area contributed by atoms with Gasteiger partial charge in [-0.15, -0.1) is 0 Å². The topological polar surface area (TPSA) is 61.9 Å². The maximum absolute atomic E-state index is 13.7. The van der Waals surface area contributed by atoms with Crippen LogP contribution < -0.4 is 5.32 Å². The molecule has 26 heavy (non-hydrogen) atoms. The molecule has 1 heterocycles. The highest BCUT2D eigenvalue weighted by molar-refractivity contribution is 9.10. The summed E-state index contributed by atoms with van der Waals surface area (Å²) >= 11 is 3.12. The summed E-state index contributed by atoms with van der Waals surface area (Å²) in [5, 5.41) is 2.74. The second-order valence-corrected chi connectivity index (χ2v) is 8.33. The number of urea groups is 1. The number of anilines is 1. The number of hydrogen-bond acceptors (Lipinski definition) is 3. The fraction of sp³-hybridized carbons (Fsp3) is 0.556. The average Bonchev–Trinajstić information content (AvgIpc) is 2.50. The third kappa shape index (κ3) is 5.09. The quantitative estimate of drug-likeness (QED) is 0.720. The van der Waals surface area contributed by atoms with Crippen molar-refractivity contribution < 1.29 is 18.7 Å². The number of carbonyl (C=O) groups excluding carboxylic acids is 2. The van der Waals surface area contributed by atoms with Gasteiger partial charge in [0.1, 0.15) is 11.4 Å². The van der Waals surface area contributed by atoms with Gasteiger partial charge in [-0.3, -0.25) is 0 Å². The predicted molar refractivity (Wildman–Crippen MR) is 102 cm³/mol. The first kappa shape index (κ1) is 20.5. The van der Waals surface area contributed by atoms with Crippen LogP contribution >= 0.6 is 15.9 Å². The monoisotopic (exact) mass is 429 g/mol. The number of halogens is 2. The number of nitrogens with zero attached hydrogens (tertiary/aromatic N) is 2. The van der Waals surface area contributed by atoms with Crippen molar-refractivity contribution in [2.75, 3.05) is 25.0 Å². The van der Waals surface area contributed by atoms with E-state index < -0.39 is 11.4 Å². The number of hydrogen-bond donors (Lipinski definition) is 1. The Morgan fingerprint density at radius 3 is 2.54 bits per heavy atom. The minimum absolute atomic E-state index is 0.174. The largest absolute Gasteiger partial charge is 0.444 e. The maximum atomic E-state index is 13.7. The van der Waals surface area contributed by atoms with Gasteiger partial charge in [0.15, 0.2) is 0 Å². The van der Waals surface area contributed by atoms with Gasteiger partial charge in [0, 0.05) is 31.4 Å². The first-order valence-electron chi connectivity index (χ1n) is 8.49. The summed E-state index contributed by atoms with van der Waals surface area (Å²) in [7, 11) is 0. The molecule has 1 fully saturated rings. The Bertz CT molecular complexity index is 706. The van der Waals surface area contributed by atoms with Gasteiger partial charge in [0.25, 0.3) is 0 Å². The molecule has 1 aliphatic rings. The molecule has 6 nitrogen and oxygen atoms in total. The highest BCUT2D eigenvalue weighted by Crippen LogP contribution is 2.24. The van der Waals surface area contributed by atoms with E-state index in [0.29, 0.717) is 29.8 Å². The van der Waals surface area contributed by atoms with E-state index in [1.165, 1.54) is 6.07 Å². The van der Waals surface area contributed by atoms with E-state index >= 15 is 0 Å². The molecule has 0 spiro atoms. The van der Waals surface area contributed by atoms with Crippen LogP contribution in [0.25, 0.3) is 0 Å². The van der Waals surface area contributed by atoms with Gasteiger partial charge in [0.2, 0.25) is 0 Å². The Balaban J connectivity index is 1.99. The SMILES string of the molecule is Cc1cc(Br)c(F)cc1NC(=O)N1CCN(C(=O)OC(C)(C)C)[C@@H](C)C1. The van der Waals surface area contributed by atoms with Crippen LogP contribution in [-0.2, 0) is 4.74 Å². The molecule has 0 saturated carbocycles. The van der Waals surface area contributed by atoms with Crippen molar-refractivity contribution in [3.05, 3.63) is 28.0 Å². The molecule has 144 valence electrons. The number of carbonyl (C=O) groups is 2. The van der Waals surface area contributed by atoms with Crippen LogP contribution in [0.1, 0.15) is 33.3 Å². The van der Waals surface area contributed by atoms with Crippen LogP contribution in [-0.4, -0.2) is 53.2 Å². The Kier molecular flexibility index (Phi) is 6.16. The van der Waals surface area contributed by atoms with E-state index in [4.69, 9.17) is 4.74 Å². The predicted octanol–water partition coefficient (Wildman–Crippen LogP) is 4.37. The summed E-state index contributed by atoms with van der Waals surface area (Å²) in [5.74, 6) is -0.436. The van der Waals surface area contributed by atoms with Gasteiger partial charge in [-0.2, -0.15) is 0 Å². The third-order valence-electron chi connectivity index (χ3n) is 4.05. The molecule has 1 aliphatic heterocycles. The molecule has 1 aromatic rings. The van der Waals surface area contributed by atoms with Gasteiger partial charge in [0.05, 0.1) is 4.47 Å². The van der Waals surface area contributed by atoms with Crippen molar-refractivity contribution in [3.63, 3.8) is 0 Å². The van der Waals surface area contributed by atoms with Gasteiger partial charge in [-0.05, 0) is 68.2 Å². The van der Waals surface area contributed by atoms with Crippen LogP contribution in [0.15, 0.2) is 16.6 Å². The first-order chi connectivity index (χ1) is 12.0. The van der Waals surface area contributed by atoms with Crippen LogP contribution in [0.2, 0.25) is 0 Å². The Labute approximate surface area is 161 Å². The molecule has 0 radical (unpaired) electrons. The normalized spacial score (nSPS) is 17.9. The summed E-state index contributed by atoms with van der Waals surface area (Å²) < 4.78 is 19.5. The van der Waals surface area contributed by atoms with Crippen LogP contribution in [0.3, 0.4) is 0 Å².